The summed E-state index contributed by atoms with van der Waals surface area (Å²) in [6, 6.07) is 1.77. The molecule has 2 heterocycles. The first kappa shape index (κ1) is 7.72. The molecule has 0 aliphatic heterocycles. The molecule has 0 unspecified atom stereocenters. The normalized spacial score (nSPS) is 10.5. The lowest BCUT2D eigenvalue weighted by molar-refractivity contribution is 0.0699. The zero-order valence-electron chi connectivity index (χ0n) is 6.93. The summed E-state index contributed by atoms with van der Waals surface area (Å²) in [5.74, 6) is -1.01. The predicted octanol–water partition coefficient (Wildman–Crippen LogP) is 0.736. The van der Waals surface area contributed by atoms with Crippen LogP contribution in [0.2, 0.25) is 0 Å². The van der Waals surface area contributed by atoms with Crippen molar-refractivity contribution in [2.45, 2.75) is 6.92 Å². The van der Waals surface area contributed by atoms with Crippen molar-refractivity contribution in [3.8, 4) is 0 Å². The highest BCUT2D eigenvalue weighted by molar-refractivity contribution is 5.94. The summed E-state index contributed by atoms with van der Waals surface area (Å²) in [7, 11) is 0. The van der Waals surface area contributed by atoms with Crippen LogP contribution in [0.3, 0.4) is 0 Å². The van der Waals surface area contributed by atoms with Crippen LogP contribution in [-0.4, -0.2) is 25.7 Å². The van der Waals surface area contributed by atoms with E-state index in [1.165, 1.54) is 10.7 Å². The largest absolute Gasteiger partial charge is 0.477 e. The molecule has 2 aromatic heterocycles. The van der Waals surface area contributed by atoms with Crippen molar-refractivity contribution in [2.24, 2.45) is 0 Å². The minimum Gasteiger partial charge on any atom is -0.477 e. The number of carbonyl (C=O) groups is 1. The summed E-state index contributed by atoms with van der Waals surface area (Å²) < 4.78 is 1.50. The number of rotatable bonds is 1. The molecule has 0 spiro atoms. The average molecular weight is 177 g/mol. The molecule has 0 aromatic carbocycles. The van der Waals surface area contributed by atoms with Gasteiger partial charge in [0.15, 0.2) is 5.65 Å². The van der Waals surface area contributed by atoms with Gasteiger partial charge in [-0.2, -0.15) is 5.10 Å². The molecule has 0 bridgehead atoms. The Labute approximate surface area is 73.6 Å². The Kier molecular flexibility index (Phi) is 1.51. The third-order valence-electron chi connectivity index (χ3n) is 1.82. The summed E-state index contributed by atoms with van der Waals surface area (Å²) in [4.78, 5) is 14.6. The molecule has 0 atom stereocenters. The van der Waals surface area contributed by atoms with Crippen molar-refractivity contribution < 1.29 is 9.90 Å². The lowest BCUT2D eigenvalue weighted by Gasteiger charge is -1.96. The molecule has 5 heteroatoms. The number of aromatic nitrogens is 3. The molecule has 0 saturated heterocycles. The van der Waals surface area contributed by atoms with E-state index >= 15 is 0 Å². The maximum Gasteiger partial charge on any atom is 0.341 e. The third-order valence-corrected chi connectivity index (χ3v) is 1.82. The van der Waals surface area contributed by atoms with Crippen LogP contribution >= 0.6 is 0 Å². The molecule has 2 aromatic rings. The van der Waals surface area contributed by atoms with E-state index in [0.29, 0.717) is 5.65 Å². The molecule has 0 saturated carbocycles. The number of hydrogen-bond acceptors (Lipinski definition) is 3. The predicted molar refractivity (Wildman–Crippen MR) is 44.7 cm³/mol. The summed E-state index contributed by atoms with van der Waals surface area (Å²) in [5, 5.41) is 12.7. The molecular weight excluding hydrogens is 170 g/mol. The van der Waals surface area contributed by atoms with Gasteiger partial charge in [-0.25, -0.2) is 14.3 Å². The SMILES string of the molecule is Cc1ccnc2c(C(=O)O)cnn12. The van der Waals surface area contributed by atoms with E-state index in [1.54, 1.807) is 12.3 Å². The lowest BCUT2D eigenvalue weighted by Crippen LogP contribution is -1.98. The molecule has 0 aliphatic rings. The van der Waals surface area contributed by atoms with Crippen molar-refractivity contribution >= 4 is 11.6 Å². The fraction of sp³-hybridized carbons (Fsp3) is 0.125. The van der Waals surface area contributed by atoms with Crippen molar-refractivity contribution in [1.82, 2.24) is 14.6 Å². The van der Waals surface area contributed by atoms with E-state index in [9.17, 15) is 4.79 Å². The van der Waals surface area contributed by atoms with Crippen LogP contribution in [0.25, 0.3) is 5.65 Å². The minimum atomic E-state index is -1.01. The van der Waals surface area contributed by atoms with Crippen LogP contribution in [0.5, 0.6) is 0 Å². The van der Waals surface area contributed by atoms with Gasteiger partial charge < -0.3 is 5.11 Å². The van der Waals surface area contributed by atoms with Gasteiger partial charge in [-0.05, 0) is 13.0 Å². The van der Waals surface area contributed by atoms with Gasteiger partial charge in [0.2, 0.25) is 0 Å². The first-order valence-electron chi connectivity index (χ1n) is 3.73. The number of aromatic carboxylic acids is 1. The summed E-state index contributed by atoms with van der Waals surface area (Å²) >= 11 is 0. The maximum atomic E-state index is 10.7. The maximum absolute atomic E-state index is 10.7. The summed E-state index contributed by atoms with van der Waals surface area (Å²) in [6.07, 6.45) is 2.87. The molecule has 0 fully saturated rings. The van der Waals surface area contributed by atoms with Crippen molar-refractivity contribution in [3.05, 3.63) is 29.7 Å². The van der Waals surface area contributed by atoms with E-state index in [0.717, 1.165) is 5.69 Å². The Hall–Kier alpha value is -1.91. The van der Waals surface area contributed by atoms with Crippen molar-refractivity contribution in [2.75, 3.05) is 0 Å². The van der Waals surface area contributed by atoms with Crippen LogP contribution in [0.4, 0.5) is 0 Å². The van der Waals surface area contributed by atoms with E-state index < -0.39 is 5.97 Å². The third kappa shape index (κ3) is 1.05. The Morgan fingerprint density at radius 1 is 1.62 bits per heavy atom. The fourth-order valence-corrected chi connectivity index (χ4v) is 1.16. The van der Waals surface area contributed by atoms with Gasteiger partial charge in [-0.15, -0.1) is 0 Å². The zero-order valence-corrected chi connectivity index (χ0v) is 6.93. The molecule has 66 valence electrons. The molecule has 0 amide bonds. The van der Waals surface area contributed by atoms with Crippen LogP contribution in [0.1, 0.15) is 16.1 Å². The number of nitrogens with zero attached hydrogens (tertiary/aromatic N) is 3. The number of carboxylic acid groups (broad SMARTS) is 1. The summed E-state index contributed by atoms with van der Waals surface area (Å²) in [6.45, 7) is 1.84. The minimum absolute atomic E-state index is 0.128. The van der Waals surface area contributed by atoms with Gasteiger partial charge in [-0.1, -0.05) is 0 Å². The number of carboxylic acids is 1. The molecule has 5 nitrogen and oxygen atoms in total. The van der Waals surface area contributed by atoms with Gasteiger partial charge >= 0.3 is 5.97 Å². The van der Waals surface area contributed by atoms with Gasteiger partial charge in [0.1, 0.15) is 5.56 Å². The van der Waals surface area contributed by atoms with Crippen LogP contribution in [-0.2, 0) is 0 Å². The van der Waals surface area contributed by atoms with E-state index in [2.05, 4.69) is 10.1 Å². The Morgan fingerprint density at radius 3 is 3.08 bits per heavy atom. The first-order valence-corrected chi connectivity index (χ1v) is 3.73. The molecule has 0 aliphatic carbocycles. The second kappa shape index (κ2) is 2.55. The van der Waals surface area contributed by atoms with Crippen molar-refractivity contribution in [3.63, 3.8) is 0 Å². The molecule has 1 N–H and O–H groups in total. The van der Waals surface area contributed by atoms with Gasteiger partial charge in [0.05, 0.1) is 6.20 Å². The highest BCUT2D eigenvalue weighted by Crippen LogP contribution is 2.08. The Morgan fingerprint density at radius 2 is 2.38 bits per heavy atom. The van der Waals surface area contributed by atoms with Crippen LogP contribution < -0.4 is 0 Å². The Balaban J connectivity index is 2.83. The monoisotopic (exact) mass is 177 g/mol. The second-order valence-corrected chi connectivity index (χ2v) is 2.69. The Bertz CT molecular complexity index is 475. The van der Waals surface area contributed by atoms with Gasteiger partial charge in [0, 0.05) is 11.9 Å². The zero-order chi connectivity index (χ0) is 9.42. The molecule has 13 heavy (non-hydrogen) atoms. The van der Waals surface area contributed by atoms with Gasteiger partial charge in [-0.3, -0.25) is 0 Å². The molecular formula is C8H7N3O2. The van der Waals surface area contributed by atoms with E-state index in [4.69, 9.17) is 5.11 Å². The van der Waals surface area contributed by atoms with Crippen molar-refractivity contribution in [1.29, 1.82) is 0 Å². The van der Waals surface area contributed by atoms with E-state index in [1.807, 2.05) is 6.92 Å². The molecule has 0 radical (unpaired) electrons. The van der Waals surface area contributed by atoms with Crippen LogP contribution in [0.15, 0.2) is 18.5 Å². The van der Waals surface area contributed by atoms with Crippen LogP contribution in [0, 0.1) is 6.92 Å². The fourth-order valence-electron chi connectivity index (χ4n) is 1.16. The first-order chi connectivity index (χ1) is 6.20. The number of fused-ring (bicyclic) bond motifs is 1. The molecule has 2 rings (SSSR count). The number of hydrogen-bond donors (Lipinski definition) is 1. The number of aryl methyl sites for hydroxylation is 1. The standard InChI is InChI=1S/C8H7N3O2/c1-5-2-3-9-7-6(8(12)13)4-10-11(5)7/h2-4H,1H3,(H,12,13). The topological polar surface area (TPSA) is 67.5 Å². The quantitative estimate of drug-likeness (QED) is 0.697. The van der Waals surface area contributed by atoms with E-state index in [-0.39, 0.29) is 5.56 Å². The average Bonchev–Trinajstić information content (AvgIpc) is 2.48. The second-order valence-electron chi connectivity index (χ2n) is 2.69. The highest BCUT2D eigenvalue weighted by atomic mass is 16.4. The van der Waals surface area contributed by atoms with Gasteiger partial charge in [0.25, 0.3) is 0 Å². The lowest BCUT2D eigenvalue weighted by atomic mass is 10.3. The summed E-state index contributed by atoms with van der Waals surface area (Å²) in [5.41, 5.74) is 1.37. The smallest absolute Gasteiger partial charge is 0.341 e. The highest BCUT2D eigenvalue weighted by Gasteiger charge is 2.12.